The molecule has 1 saturated carbocycles. The van der Waals surface area contributed by atoms with Gasteiger partial charge in [-0.3, -0.25) is 4.90 Å². The van der Waals surface area contributed by atoms with Crippen LogP contribution in [0.3, 0.4) is 0 Å². The van der Waals surface area contributed by atoms with Crippen molar-refractivity contribution in [1.29, 1.82) is 0 Å². The molecule has 1 aromatic heterocycles. The number of amides is 2. The highest BCUT2D eigenvalue weighted by molar-refractivity contribution is 5.73. The molecule has 0 spiro atoms. The molecular weight excluding hydrogens is 282 g/mol. The van der Waals surface area contributed by atoms with Crippen LogP contribution in [0.4, 0.5) is 4.79 Å². The topological polar surface area (TPSA) is 64.8 Å². The first kappa shape index (κ1) is 15.3. The summed E-state index contributed by atoms with van der Waals surface area (Å²) in [6, 6.07) is 0.574. The van der Waals surface area contributed by atoms with Gasteiger partial charge in [0, 0.05) is 59.1 Å². The van der Waals surface area contributed by atoms with Crippen molar-refractivity contribution in [2.45, 2.75) is 31.5 Å². The molecule has 122 valence electrons. The Morgan fingerprint density at radius 1 is 1.36 bits per heavy atom. The van der Waals surface area contributed by atoms with E-state index in [1.807, 2.05) is 12.5 Å². The molecule has 2 fully saturated rings. The fourth-order valence-corrected chi connectivity index (χ4v) is 3.02. The van der Waals surface area contributed by atoms with Gasteiger partial charge < -0.3 is 19.5 Å². The van der Waals surface area contributed by atoms with Crippen molar-refractivity contribution in [2.75, 3.05) is 40.3 Å². The number of aliphatic hydroxyl groups is 1. The first-order valence-electron chi connectivity index (χ1n) is 7.92. The third kappa shape index (κ3) is 3.41. The minimum absolute atomic E-state index is 0.0380. The summed E-state index contributed by atoms with van der Waals surface area (Å²) in [4.78, 5) is 21.8. The second-order valence-electron chi connectivity index (χ2n) is 6.54. The lowest BCUT2D eigenvalue weighted by Gasteiger charge is -2.25. The van der Waals surface area contributed by atoms with Crippen molar-refractivity contribution >= 4 is 6.03 Å². The Morgan fingerprint density at radius 2 is 2.14 bits per heavy atom. The molecule has 1 atom stereocenters. The maximum Gasteiger partial charge on any atom is 0.319 e. The van der Waals surface area contributed by atoms with E-state index in [0.29, 0.717) is 25.7 Å². The zero-order valence-corrected chi connectivity index (χ0v) is 13.4. The van der Waals surface area contributed by atoms with E-state index in [0.717, 1.165) is 13.1 Å². The predicted octanol–water partition coefficient (Wildman–Crippen LogP) is 0.378. The second kappa shape index (κ2) is 6.26. The van der Waals surface area contributed by atoms with Crippen molar-refractivity contribution < 1.29 is 9.90 Å². The van der Waals surface area contributed by atoms with E-state index in [1.54, 1.807) is 23.9 Å². The van der Waals surface area contributed by atoms with Gasteiger partial charge >= 0.3 is 6.03 Å². The Kier molecular flexibility index (Phi) is 4.35. The summed E-state index contributed by atoms with van der Waals surface area (Å²) >= 11 is 0. The summed E-state index contributed by atoms with van der Waals surface area (Å²) in [6.45, 7) is 3.18. The van der Waals surface area contributed by atoms with Gasteiger partial charge in [-0.25, -0.2) is 9.78 Å². The molecule has 0 bridgehead atoms. The van der Waals surface area contributed by atoms with Crippen LogP contribution in [0.5, 0.6) is 0 Å². The molecule has 1 saturated heterocycles. The van der Waals surface area contributed by atoms with Crippen LogP contribution >= 0.6 is 0 Å². The molecule has 22 heavy (non-hydrogen) atoms. The van der Waals surface area contributed by atoms with Gasteiger partial charge in [0.2, 0.25) is 0 Å². The van der Waals surface area contributed by atoms with Gasteiger partial charge in [-0.05, 0) is 12.8 Å². The highest BCUT2D eigenvalue weighted by Crippen LogP contribution is 2.35. The van der Waals surface area contributed by atoms with E-state index in [2.05, 4.69) is 14.5 Å². The van der Waals surface area contributed by atoms with Gasteiger partial charge in [0.25, 0.3) is 0 Å². The zero-order valence-electron chi connectivity index (χ0n) is 13.4. The largest absolute Gasteiger partial charge is 0.390 e. The molecule has 1 aromatic rings. The number of urea groups is 1. The number of carbonyl (C=O) groups excluding carboxylic acids is 1. The SMILES string of the molecule is CN(C)C(=O)N1CCN(Cc2cncn2C2CC2)C[C@@H](O)C1. The quantitative estimate of drug-likeness (QED) is 0.877. The molecule has 2 amide bonds. The Labute approximate surface area is 131 Å². The molecule has 1 N–H and O–H groups in total. The fraction of sp³-hybridized carbons (Fsp3) is 0.733. The van der Waals surface area contributed by atoms with Crippen molar-refractivity contribution in [2.24, 2.45) is 0 Å². The fourth-order valence-electron chi connectivity index (χ4n) is 3.02. The van der Waals surface area contributed by atoms with Crippen LogP contribution < -0.4 is 0 Å². The highest BCUT2D eigenvalue weighted by atomic mass is 16.3. The normalized spacial score (nSPS) is 23.4. The van der Waals surface area contributed by atoms with Crippen molar-refractivity contribution in [3.8, 4) is 0 Å². The summed E-state index contributed by atoms with van der Waals surface area (Å²) in [5.74, 6) is 0. The number of rotatable bonds is 3. The maximum atomic E-state index is 12.1. The van der Waals surface area contributed by atoms with Crippen LogP contribution in [-0.2, 0) is 6.54 Å². The van der Waals surface area contributed by atoms with Gasteiger partial charge in [-0.2, -0.15) is 0 Å². The standard InChI is InChI=1S/C15H25N5O2/c1-17(2)15(22)19-6-5-18(9-14(21)10-19)8-13-7-16-11-20(13)12-3-4-12/h7,11-12,14,21H,3-6,8-10H2,1-2H3/t14-/m1/s1. The number of hydrogen-bond acceptors (Lipinski definition) is 4. The molecule has 0 unspecified atom stereocenters. The van der Waals surface area contributed by atoms with Crippen LogP contribution in [0.1, 0.15) is 24.6 Å². The average Bonchev–Trinajstić information content (AvgIpc) is 3.24. The first-order chi connectivity index (χ1) is 10.5. The Morgan fingerprint density at radius 3 is 2.82 bits per heavy atom. The number of hydrogen-bond donors (Lipinski definition) is 1. The van der Waals surface area contributed by atoms with E-state index in [9.17, 15) is 9.90 Å². The summed E-state index contributed by atoms with van der Waals surface area (Å²) in [6.07, 6.45) is 5.78. The Bertz CT molecular complexity index is 526. The van der Waals surface area contributed by atoms with Crippen LogP contribution in [-0.4, -0.2) is 81.8 Å². The third-order valence-electron chi connectivity index (χ3n) is 4.31. The molecule has 7 heteroatoms. The Balaban J connectivity index is 1.63. The van der Waals surface area contributed by atoms with Gasteiger partial charge in [0.05, 0.1) is 18.1 Å². The first-order valence-corrected chi connectivity index (χ1v) is 7.92. The second-order valence-corrected chi connectivity index (χ2v) is 6.54. The number of imidazole rings is 1. The van der Waals surface area contributed by atoms with Gasteiger partial charge in [-0.15, -0.1) is 0 Å². The van der Waals surface area contributed by atoms with Crippen molar-refractivity contribution in [3.63, 3.8) is 0 Å². The molecule has 0 aromatic carbocycles. The molecule has 2 aliphatic rings. The minimum Gasteiger partial charge on any atom is -0.390 e. The molecular formula is C15H25N5O2. The molecule has 1 aliphatic heterocycles. The molecule has 2 heterocycles. The van der Waals surface area contributed by atoms with Gasteiger partial charge in [-0.1, -0.05) is 0 Å². The van der Waals surface area contributed by atoms with E-state index in [4.69, 9.17) is 0 Å². The van der Waals surface area contributed by atoms with E-state index in [-0.39, 0.29) is 6.03 Å². The van der Waals surface area contributed by atoms with E-state index < -0.39 is 6.10 Å². The monoisotopic (exact) mass is 307 g/mol. The average molecular weight is 307 g/mol. The zero-order chi connectivity index (χ0) is 15.7. The molecule has 3 rings (SSSR count). The lowest BCUT2D eigenvalue weighted by Crippen LogP contribution is -2.43. The van der Waals surface area contributed by atoms with Gasteiger partial charge in [0.15, 0.2) is 0 Å². The number of aliphatic hydroxyl groups excluding tert-OH is 1. The number of carbonyl (C=O) groups is 1. The van der Waals surface area contributed by atoms with Crippen LogP contribution in [0.15, 0.2) is 12.5 Å². The molecule has 7 nitrogen and oxygen atoms in total. The van der Waals surface area contributed by atoms with Crippen molar-refractivity contribution in [1.82, 2.24) is 24.3 Å². The van der Waals surface area contributed by atoms with E-state index >= 15 is 0 Å². The number of aromatic nitrogens is 2. The molecule has 0 radical (unpaired) electrons. The van der Waals surface area contributed by atoms with Gasteiger partial charge in [0.1, 0.15) is 0 Å². The summed E-state index contributed by atoms with van der Waals surface area (Å²) < 4.78 is 2.25. The molecule has 1 aliphatic carbocycles. The van der Waals surface area contributed by atoms with Crippen molar-refractivity contribution in [3.05, 3.63) is 18.2 Å². The number of nitrogens with zero attached hydrogens (tertiary/aromatic N) is 5. The predicted molar refractivity (Wildman–Crippen MR) is 82.4 cm³/mol. The maximum absolute atomic E-state index is 12.1. The van der Waals surface area contributed by atoms with Crippen LogP contribution in [0.2, 0.25) is 0 Å². The summed E-state index contributed by atoms with van der Waals surface area (Å²) in [5.41, 5.74) is 1.20. The lowest BCUT2D eigenvalue weighted by molar-refractivity contribution is 0.106. The lowest BCUT2D eigenvalue weighted by atomic mass is 10.3. The Hall–Kier alpha value is -1.60. The van der Waals surface area contributed by atoms with Crippen LogP contribution in [0, 0.1) is 0 Å². The van der Waals surface area contributed by atoms with E-state index in [1.165, 1.54) is 18.5 Å². The smallest absolute Gasteiger partial charge is 0.319 e. The highest BCUT2D eigenvalue weighted by Gasteiger charge is 2.28. The number of β-amino-alcohol motifs (C(OH)–C–C–N with tert-alkyl or cyclic N) is 1. The minimum atomic E-state index is -0.510. The third-order valence-corrected chi connectivity index (χ3v) is 4.31. The summed E-state index contributed by atoms with van der Waals surface area (Å²) in [5, 5.41) is 10.2. The van der Waals surface area contributed by atoms with Crippen LogP contribution in [0.25, 0.3) is 0 Å². The summed E-state index contributed by atoms with van der Waals surface area (Å²) in [7, 11) is 3.48.